The third-order valence-electron chi connectivity index (χ3n) is 5.12. The van der Waals surface area contributed by atoms with Gasteiger partial charge in [-0.2, -0.15) is 9.40 Å². The summed E-state index contributed by atoms with van der Waals surface area (Å²) in [6.07, 6.45) is -4.38. The minimum atomic E-state index is -4.81. The molecule has 8 nitrogen and oxygen atoms in total. The van der Waals surface area contributed by atoms with Gasteiger partial charge in [0.15, 0.2) is 0 Å². The fourth-order valence-corrected chi connectivity index (χ4v) is 5.44. The number of ether oxygens (including phenoxy) is 1. The minimum absolute atomic E-state index is 0.108. The number of halogens is 3. The molecule has 2 heterocycles. The second kappa shape index (κ2) is 8.50. The lowest BCUT2D eigenvalue weighted by atomic mass is 10.2. The molecular formula is C19H23F3N4O4S. The molecule has 0 atom stereocenters. The molecule has 0 saturated carbocycles. The lowest BCUT2D eigenvalue weighted by Gasteiger charge is -2.22. The summed E-state index contributed by atoms with van der Waals surface area (Å²) in [6, 6.07) is 4.66. The maximum atomic E-state index is 13.2. The maximum Gasteiger partial charge on any atom is 0.573 e. The molecule has 1 fully saturated rings. The van der Waals surface area contributed by atoms with Gasteiger partial charge in [-0.05, 0) is 44.5 Å². The topological polar surface area (TPSA) is 84.7 Å². The number of amides is 1. The number of alkyl halides is 3. The van der Waals surface area contributed by atoms with Crippen molar-refractivity contribution in [3.8, 4) is 5.75 Å². The predicted octanol–water partition coefficient (Wildman–Crippen LogP) is 2.47. The molecule has 1 aromatic heterocycles. The number of benzene rings is 1. The monoisotopic (exact) mass is 460 g/mol. The van der Waals surface area contributed by atoms with E-state index in [0.717, 1.165) is 12.1 Å². The second-order valence-corrected chi connectivity index (χ2v) is 9.12. The Bertz CT molecular complexity index is 1070. The lowest BCUT2D eigenvalue weighted by Crippen LogP contribution is -2.37. The molecule has 0 N–H and O–H groups in total. The van der Waals surface area contributed by atoms with Crippen molar-refractivity contribution in [2.45, 2.75) is 31.5 Å². The smallest absolute Gasteiger partial charge is 0.406 e. The second-order valence-electron chi connectivity index (χ2n) is 7.25. The Balaban J connectivity index is 1.71. The van der Waals surface area contributed by atoms with Gasteiger partial charge in [0.1, 0.15) is 10.6 Å². The van der Waals surface area contributed by atoms with E-state index in [1.807, 2.05) is 0 Å². The zero-order chi connectivity index (χ0) is 23.0. The average molecular weight is 460 g/mol. The van der Waals surface area contributed by atoms with Gasteiger partial charge in [-0.25, -0.2) is 8.42 Å². The highest BCUT2D eigenvalue weighted by Gasteiger charge is 2.33. The normalized spacial score (nSPS) is 16.3. The Morgan fingerprint density at radius 3 is 2.26 bits per heavy atom. The van der Waals surface area contributed by atoms with Gasteiger partial charge in [0.2, 0.25) is 10.0 Å². The zero-order valence-electron chi connectivity index (χ0n) is 17.3. The molecule has 170 valence electrons. The number of hydrogen-bond donors (Lipinski definition) is 0. The number of hydrogen-bond acceptors (Lipinski definition) is 5. The van der Waals surface area contributed by atoms with E-state index < -0.39 is 22.1 Å². The first-order valence-corrected chi connectivity index (χ1v) is 11.0. The van der Waals surface area contributed by atoms with Gasteiger partial charge in [-0.15, -0.1) is 13.2 Å². The molecule has 1 amide bonds. The number of nitrogens with zero attached hydrogens (tertiary/aromatic N) is 4. The van der Waals surface area contributed by atoms with Crippen LogP contribution in [0.1, 0.15) is 28.2 Å². The number of aryl methyl sites for hydroxylation is 2. The summed E-state index contributed by atoms with van der Waals surface area (Å²) >= 11 is 0. The number of carbonyl (C=O) groups is 1. The van der Waals surface area contributed by atoms with Crippen LogP contribution in [0, 0.1) is 13.8 Å². The van der Waals surface area contributed by atoms with Crippen LogP contribution in [0.3, 0.4) is 0 Å². The quantitative estimate of drug-likeness (QED) is 0.700. The van der Waals surface area contributed by atoms with E-state index in [-0.39, 0.29) is 36.0 Å². The van der Waals surface area contributed by atoms with E-state index in [1.165, 1.54) is 26.0 Å². The highest BCUT2D eigenvalue weighted by molar-refractivity contribution is 7.89. The fraction of sp³-hybridized carbons (Fsp3) is 0.474. The molecule has 2 aromatic rings. The number of sulfonamides is 1. The number of rotatable bonds is 4. The molecule has 3 rings (SSSR count). The van der Waals surface area contributed by atoms with Crippen molar-refractivity contribution in [2.75, 3.05) is 26.2 Å². The first-order chi connectivity index (χ1) is 14.4. The van der Waals surface area contributed by atoms with E-state index in [9.17, 15) is 26.4 Å². The average Bonchev–Trinajstić information content (AvgIpc) is 2.85. The molecule has 0 spiro atoms. The van der Waals surface area contributed by atoms with Gasteiger partial charge >= 0.3 is 6.36 Å². The van der Waals surface area contributed by atoms with Crippen molar-refractivity contribution in [1.82, 2.24) is 19.0 Å². The van der Waals surface area contributed by atoms with Gasteiger partial charge in [0, 0.05) is 38.8 Å². The highest BCUT2D eigenvalue weighted by atomic mass is 32.2. The van der Waals surface area contributed by atoms with Crippen LogP contribution < -0.4 is 4.74 Å². The fourth-order valence-electron chi connectivity index (χ4n) is 3.58. The molecule has 12 heteroatoms. The Morgan fingerprint density at radius 2 is 1.71 bits per heavy atom. The van der Waals surface area contributed by atoms with Crippen LogP contribution in [0.15, 0.2) is 29.2 Å². The zero-order valence-corrected chi connectivity index (χ0v) is 18.1. The molecule has 1 aliphatic rings. The Morgan fingerprint density at radius 1 is 1.06 bits per heavy atom. The van der Waals surface area contributed by atoms with Crippen LogP contribution >= 0.6 is 0 Å². The number of aromatic nitrogens is 2. The summed E-state index contributed by atoms with van der Waals surface area (Å²) in [7, 11) is -2.10. The summed E-state index contributed by atoms with van der Waals surface area (Å²) in [4.78, 5) is 14.4. The summed E-state index contributed by atoms with van der Waals surface area (Å²) in [5.41, 5.74) is 1.15. The Kier molecular flexibility index (Phi) is 6.33. The Hall–Kier alpha value is -2.60. The standard InChI is InChI=1S/C19H23F3N4O4S/c1-13-17(14(2)24(3)23-13)31(28,29)26-10-4-9-25(11-12-26)18(27)15-5-7-16(8-6-15)30-19(20,21)22/h5-8H,4,9-12H2,1-3H3. The van der Waals surface area contributed by atoms with E-state index >= 15 is 0 Å². The molecule has 1 saturated heterocycles. The van der Waals surface area contributed by atoms with Gasteiger partial charge in [-0.3, -0.25) is 9.48 Å². The van der Waals surface area contributed by atoms with Crippen molar-refractivity contribution >= 4 is 15.9 Å². The molecule has 1 aromatic carbocycles. The summed E-state index contributed by atoms with van der Waals surface area (Å²) < 4.78 is 69.8. The van der Waals surface area contributed by atoms with E-state index in [2.05, 4.69) is 9.84 Å². The molecule has 0 unspecified atom stereocenters. The van der Waals surface area contributed by atoms with Crippen molar-refractivity contribution < 1.29 is 31.1 Å². The molecular weight excluding hydrogens is 437 g/mol. The molecule has 0 aliphatic carbocycles. The Labute approximate surface area is 178 Å². The van der Waals surface area contributed by atoms with Gasteiger partial charge < -0.3 is 9.64 Å². The summed E-state index contributed by atoms with van der Waals surface area (Å²) in [6.45, 7) is 4.18. The summed E-state index contributed by atoms with van der Waals surface area (Å²) in [5.74, 6) is -0.800. The molecule has 31 heavy (non-hydrogen) atoms. The van der Waals surface area contributed by atoms with Crippen molar-refractivity contribution in [3.63, 3.8) is 0 Å². The maximum absolute atomic E-state index is 13.2. The van der Waals surface area contributed by atoms with Crippen LogP contribution in [0.5, 0.6) is 5.75 Å². The van der Waals surface area contributed by atoms with Crippen LogP contribution in [-0.4, -0.2) is 65.9 Å². The van der Waals surface area contributed by atoms with Crippen LogP contribution in [0.2, 0.25) is 0 Å². The first-order valence-electron chi connectivity index (χ1n) is 9.55. The van der Waals surface area contributed by atoms with Gasteiger partial charge in [0.25, 0.3) is 5.91 Å². The van der Waals surface area contributed by atoms with E-state index in [0.29, 0.717) is 24.4 Å². The lowest BCUT2D eigenvalue weighted by molar-refractivity contribution is -0.274. The van der Waals surface area contributed by atoms with Gasteiger partial charge in [-0.1, -0.05) is 0 Å². The van der Waals surface area contributed by atoms with Crippen molar-refractivity contribution in [2.24, 2.45) is 7.05 Å². The molecule has 1 aliphatic heterocycles. The van der Waals surface area contributed by atoms with Crippen LogP contribution in [0.4, 0.5) is 13.2 Å². The number of carbonyl (C=O) groups excluding carboxylic acids is 1. The van der Waals surface area contributed by atoms with Crippen LogP contribution in [-0.2, 0) is 17.1 Å². The van der Waals surface area contributed by atoms with Crippen molar-refractivity contribution in [3.05, 3.63) is 41.2 Å². The van der Waals surface area contributed by atoms with E-state index in [1.54, 1.807) is 20.9 Å². The van der Waals surface area contributed by atoms with E-state index in [4.69, 9.17) is 0 Å². The molecule has 0 bridgehead atoms. The summed E-state index contributed by atoms with van der Waals surface area (Å²) in [5, 5.41) is 4.17. The highest BCUT2D eigenvalue weighted by Crippen LogP contribution is 2.25. The first kappa shape index (κ1) is 23.1. The third kappa shape index (κ3) is 5.01. The minimum Gasteiger partial charge on any atom is -0.406 e. The van der Waals surface area contributed by atoms with Gasteiger partial charge in [0.05, 0.1) is 11.4 Å². The predicted molar refractivity (Wildman–Crippen MR) is 105 cm³/mol. The third-order valence-corrected chi connectivity index (χ3v) is 7.27. The largest absolute Gasteiger partial charge is 0.573 e. The van der Waals surface area contributed by atoms with Crippen molar-refractivity contribution in [1.29, 1.82) is 0 Å². The SMILES string of the molecule is Cc1nn(C)c(C)c1S(=O)(=O)N1CCCN(C(=O)c2ccc(OC(F)(F)F)cc2)CC1. The van der Waals surface area contributed by atoms with Crippen LogP contribution in [0.25, 0.3) is 0 Å². The molecule has 0 radical (unpaired) electrons.